The van der Waals surface area contributed by atoms with Gasteiger partial charge in [-0.05, 0) is 24.9 Å². The van der Waals surface area contributed by atoms with Crippen molar-refractivity contribution in [2.45, 2.75) is 43.3 Å². The average Bonchev–Trinajstić information content (AvgIpc) is 3.50. The first-order valence-electron chi connectivity index (χ1n) is 12.7. The summed E-state index contributed by atoms with van der Waals surface area (Å²) < 4.78 is 32.4. The number of aliphatic imine (C=N–C) groups is 1. The molecule has 0 bridgehead atoms. The van der Waals surface area contributed by atoms with Crippen LogP contribution in [0, 0.1) is 0 Å². The highest BCUT2D eigenvalue weighted by atomic mass is 32.2. The van der Waals surface area contributed by atoms with Crippen LogP contribution in [0.5, 0.6) is 0 Å². The number of rotatable bonds is 14. The number of hydrogen-bond acceptors (Lipinski definition) is 11. The Balaban J connectivity index is 1.87. The highest BCUT2D eigenvalue weighted by molar-refractivity contribution is 7.88. The molecular weight excluding hydrogens is 574 g/mol. The lowest BCUT2D eigenvalue weighted by molar-refractivity contribution is -0.151. The maximum atomic E-state index is 13.7. The number of nitrogens with two attached hydrogens (primary N) is 2. The van der Waals surface area contributed by atoms with E-state index in [0.29, 0.717) is 12.0 Å². The van der Waals surface area contributed by atoms with Crippen LogP contribution in [0.1, 0.15) is 34.6 Å². The summed E-state index contributed by atoms with van der Waals surface area (Å²) in [5.74, 6) is -3.29. The van der Waals surface area contributed by atoms with E-state index in [1.165, 1.54) is 6.20 Å². The highest BCUT2D eigenvalue weighted by Crippen LogP contribution is 2.24. The van der Waals surface area contributed by atoms with Gasteiger partial charge in [0.05, 0.1) is 31.7 Å². The SMILES string of the molecule is COC(=O)CC1C(=O)N(C(/N=C/N)C(=O)NC(CCCN)C(=O)c2nccs2)CCN1S(=O)(=O)Cc1ccccc1. The Kier molecular flexibility index (Phi) is 11.5. The van der Waals surface area contributed by atoms with E-state index in [9.17, 15) is 27.6 Å². The molecule has 5 N–H and O–H groups in total. The summed E-state index contributed by atoms with van der Waals surface area (Å²) in [6.07, 6.45) is 0.823. The Hall–Kier alpha value is -3.73. The number of Topliss-reactive ketones (excluding diaryl/α,β-unsaturated/α-hetero) is 1. The van der Waals surface area contributed by atoms with Gasteiger partial charge < -0.3 is 26.4 Å². The number of hydrogen-bond donors (Lipinski definition) is 3. The zero-order valence-electron chi connectivity index (χ0n) is 22.4. The molecule has 3 atom stereocenters. The molecule has 222 valence electrons. The summed E-state index contributed by atoms with van der Waals surface area (Å²) in [6, 6.07) is 5.90. The molecule has 2 aromatic rings. The largest absolute Gasteiger partial charge is 0.469 e. The minimum absolute atomic E-state index is 0.192. The first kappa shape index (κ1) is 31.8. The molecule has 14 nitrogen and oxygen atoms in total. The zero-order chi connectivity index (χ0) is 30.0. The third kappa shape index (κ3) is 8.16. The van der Waals surface area contributed by atoms with E-state index in [0.717, 1.165) is 34.0 Å². The summed E-state index contributed by atoms with van der Waals surface area (Å²) in [5, 5.41) is 4.44. The van der Waals surface area contributed by atoms with E-state index >= 15 is 0 Å². The van der Waals surface area contributed by atoms with Gasteiger partial charge in [-0.25, -0.2) is 18.4 Å². The number of benzene rings is 1. The Morgan fingerprint density at radius 2 is 2.00 bits per heavy atom. The maximum Gasteiger partial charge on any atom is 0.307 e. The third-order valence-corrected chi connectivity index (χ3v) is 8.98. The fraction of sp³-hybridized carbons (Fsp3) is 0.440. The van der Waals surface area contributed by atoms with Gasteiger partial charge in [-0.2, -0.15) is 4.31 Å². The van der Waals surface area contributed by atoms with Crippen molar-refractivity contribution in [3.05, 3.63) is 52.5 Å². The number of carbonyl (C=O) groups is 4. The second-order valence-electron chi connectivity index (χ2n) is 9.05. The van der Waals surface area contributed by atoms with E-state index in [1.54, 1.807) is 35.7 Å². The second kappa shape index (κ2) is 14.8. The van der Waals surface area contributed by atoms with Crippen molar-refractivity contribution in [3.8, 4) is 0 Å². The molecule has 2 heterocycles. The van der Waals surface area contributed by atoms with Gasteiger partial charge in [0.1, 0.15) is 6.04 Å². The van der Waals surface area contributed by atoms with E-state index < -0.39 is 64.0 Å². The Morgan fingerprint density at radius 3 is 2.61 bits per heavy atom. The number of sulfonamides is 1. The molecule has 3 rings (SSSR count). The molecule has 3 unspecified atom stereocenters. The fourth-order valence-corrected chi connectivity index (χ4v) is 6.69. The lowest BCUT2D eigenvalue weighted by atomic mass is 10.1. The minimum atomic E-state index is -4.07. The van der Waals surface area contributed by atoms with Gasteiger partial charge >= 0.3 is 5.97 Å². The summed E-state index contributed by atoms with van der Waals surface area (Å²) in [7, 11) is -2.95. The highest BCUT2D eigenvalue weighted by Gasteiger charge is 2.46. The van der Waals surface area contributed by atoms with Gasteiger partial charge in [-0.3, -0.25) is 19.2 Å². The van der Waals surface area contributed by atoms with Crippen LogP contribution in [0.25, 0.3) is 0 Å². The average molecular weight is 608 g/mol. The second-order valence-corrected chi connectivity index (χ2v) is 11.9. The number of nitrogens with zero attached hydrogens (tertiary/aromatic N) is 4. The van der Waals surface area contributed by atoms with Crippen LogP contribution in [-0.2, 0) is 34.9 Å². The van der Waals surface area contributed by atoms with Crippen molar-refractivity contribution in [2.75, 3.05) is 26.7 Å². The molecule has 2 amide bonds. The smallest absolute Gasteiger partial charge is 0.307 e. The predicted octanol–water partition coefficient (Wildman–Crippen LogP) is -0.531. The molecule has 0 saturated carbocycles. The van der Waals surface area contributed by atoms with Crippen LogP contribution in [0.2, 0.25) is 0 Å². The number of thiazole rings is 1. The van der Waals surface area contributed by atoms with Crippen LogP contribution in [0.3, 0.4) is 0 Å². The molecule has 0 spiro atoms. The monoisotopic (exact) mass is 607 g/mol. The van der Waals surface area contributed by atoms with E-state index in [-0.39, 0.29) is 31.1 Å². The Bertz CT molecular complexity index is 1340. The first-order chi connectivity index (χ1) is 19.6. The van der Waals surface area contributed by atoms with Gasteiger partial charge in [0, 0.05) is 24.7 Å². The fourth-order valence-electron chi connectivity index (χ4n) is 4.36. The summed E-state index contributed by atoms with van der Waals surface area (Å²) >= 11 is 1.11. The van der Waals surface area contributed by atoms with Crippen LogP contribution < -0.4 is 16.8 Å². The van der Waals surface area contributed by atoms with Crippen LogP contribution in [-0.4, -0.2) is 97.5 Å². The van der Waals surface area contributed by atoms with Gasteiger partial charge in [0.2, 0.25) is 27.9 Å². The molecular formula is C25H33N7O7S2. The molecule has 1 aliphatic rings. The molecule has 16 heteroatoms. The molecule has 1 fully saturated rings. The summed E-state index contributed by atoms with van der Waals surface area (Å²) in [6.45, 7) is -0.177. The van der Waals surface area contributed by atoms with E-state index in [4.69, 9.17) is 16.2 Å². The predicted molar refractivity (Wildman–Crippen MR) is 151 cm³/mol. The number of amides is 2. The number of nitrogens with one attached hydrogen (secondary N) is 1. The van der Waals surface area contributed by atoms with E-state index in [1.807, 2.05) is 0 Å². The molecule has 41 heavy (non-hydrogen) atoms. The van der Waals surface area contributed by atoms with Crippen LogP contribution in [0.4, 0.5) is 0 Å². The van der Waals surface area contributed by atoms with Gasteiger partial charge in [0.15, 0.2) is 5.01 Å². The Morgan fingerprint density at radius 1 is 1.27 bits per heavy atom. The zero-order valence-corrected chi connectivity index (χ0v) is 24.1. The van der Waals surface area contributed by atoms with Crippen LogP contribution >= 0.6 is 11.3 Å². The number of carbonyl (C=O) groups excluding carboxylic acids is 4. The van der Waals surface area contributed by atoms with Gasteiger partial charge in [0.25, 0.3) is 5.91 Å². The third-order valence-electron chi connectivity index (χ3n) is 6.34. The number of esters is 1. The van der Waals surface area contributed by atoms with Crippen molar-refractivity contribution in [1.29, 1.82) is 0 Å². The maximum absolute atomic E-state index is 13.7. The number of methoxy groups -OCH3 is 1. The first-order valence-corrected chi connectivity index (χ1v) is 15.2. The van der Waals surface area contributed by atoms with Gasteiger partial charge in [-0.15, -0.1) is 11.3 Å². The lowest BCUT2D eigenvalue weighted by Crippen LogP contribution is -2.64. The molecule has 0 aliphatic carbocycles. The summed E-state index contributed by atoms with van der Waals surface area (Å²) in [5.41, 5.74) is 11.6. The molecule has 1 aliphatic heterocycles. The number of ketones is 1. The van der Waals surface area contributed by atoms with E-state index in [2.05, 4.69) is 15.3 Å². The van der Waals surface area contributed by atoms with Crippen molar-refractivity contribution in [1.82, 2.24) is 19.5 Å². The number of ether oxygens (including phenoxy) is 1. The number of aromatic nitrogens is 1. The van der Waals surface area contributed by atoms with Crippen molar-refractivity contribution < 1.29 is 32.3 Å². The van der Waals surface area contributed by atoms with Crippen molar-refractivity contribution in [3.63, 3.8) is 0 Å². The normalized spacial score (nSPS) is 17.8. The summed E-state index contributed by atoms with van der Waals surface area (Å²) in [4.78, 5) is 61.4. The van der Waals surface area contributed by atoms with Crippen molar-refractivity contribution in [2.24, 2.45) is 16.5 Å². The Labute approximate surface area is 241 Å². The lowest BCUT2D eigenvalue weighted by Gasteiger charge is -2.41. The van der Waals surface area contributed by atoms with Crippen LogP contribution in [0.15, 0.2) is 46.9 Å². The molecule has 1 aromatic heterocycles. The van der Waals surface area contributed by atoms with Crippen molar-refractivity contribution >= 4 is 51.3 Å². The molecule has 0 radical (unpaired) electrons. The topological polar surface area (TPSA) is 207 Å². The molecule has 1 aromatic carbocycles. The quantitative estimate of drug-likeness (QED) is 0.108. The van der Waals surface area contributed by atoms with Gasteiger partial charge in [-0.1, -0.05) is 30.3 Å². The molecule has 1 saturated heterocycles. The standard InChI is InChI=1S/C25H33N7O7S2/c1-39-20(33)14-19-25(36)31(11-12-32(19)41(37,38)15-17-6-3-2-4-7-17)22(29-16-27)23(35)30-18(8-5-9-26)21(34)24-28-10-13-40-24/h2-4,6-7,10,13,16,18-19,22H,5,8-9,11-12,14-15,26H2,1H3,(H2,27,29)(H,30,35). The number of piperazine rings is 1. The minimum Gasteiger partial charge on any atom is -0.469 e.